The van der Waals surface area contributed by atoms with Gasteiger partial charge in [-0.1, -0.05) is 0 Å². The number of piperazine rings is 3. The topological polar surface area (TPSA) is 58.6 Å². The molecule has 3 aliphatic rings. The van der Waals surface area contributed by atoms with Crippen molar-refractivity contribution in [3.8, 4) is 0 Å². The lowest BCUT2D eigenvalue weighted by Gasteiger charge is -2.50. The van der Waals surface area contributed by atoms with Crippen molar-refractivity contribution in [3.63, 3.8) is 0 Å². The lowest BCUT2D eigenvalue weighted by Crippen LogP contribution is -2.68. The van der Waals surface area contributed by atoms with Crippen molar-refractivity contribution in [3.05, 3.63) is 16.0 Å². The maximum atomic E-state index is 12.6. The number of carbonyl (C=O) groups is 2. The first-order valence-electron chi connectivity index (χ1n) is 8.58. The Kier molecular flexibility index (Phi) is 4.94. The Morgan fingerprint density at radius 1 is 1.21 bits per heavy atom. The van der Waals surface area contributed by atoms with Crippen molar-refractivity contribution in [2.45, 2.75) is 20.8 Å². The average molecular weight is 352 g/mol. The summed E-state index contributed by atoms with van der Waals surface area (Å²) in [5, 5.41) is 3.61. The van der Waals surface area contributed by atoms with Gasteiger partial charge in [-0.15, -0.1) is 11.3 Å². The molecule has 0 spiro atoms. The molecular formula is C17H26N3O3S+. The maximum Gasteiger partial charge on any atom is 0.341 e. The molecular weight excluding hydrogens is 326 g/mol. The third-order valence-corrected chi connectivity index (χ3v) is 6.39. The number of hydrogen-bond acceptors (Lipinski definition) is 5. The minimum atomic E-state index is -0.353. The molecule has 3 aliphatic heterocycles. The monoisotopic (exact) mass is 352 g/mol. The molecule has 0 atom stereocenters. The minimum absolute atomic E-state index is 0.00264. The van der Waals surface area contributed by atoms with Crippen molar-refractivity contribution in [1.29, 1.82) is 0 Å². The molecule has 0 saturated carbocycles. The number of amides is 1. The molecule has 0 aliphatic carbocycles. The summed E-state index contributed by atoms with van der Waals surface area (Å²) in [7, 11) is 0. The second kappa shape index (κ2) is 6.82. The van der Waals surface area contributed by atoms with E-state index in [9.17, 15) is 9.59 Å². The van der Waals surface area contributed by atoms with Crippen LogP contribution in [0, 0.1) is 13.8 Å². The van der Waals surface area contributed by atoms with Crippen LogP contribution in [0.1, 0.15) is 27.7 Å². The van der Waals surface area contributed by atoms with Crippen molar-refractivity contribution in [1.82, 2.24) is 4.90 Å². The van der Waals surface area contributed by atoms with E-state index in [1.165, 1.54) is 11.3 Å². The Hall–Kier alpha value is -1.44. The fourth-order valence-electron chi connectivity index (χ4n) is 3.60. The molecule has 6 nitrogen and oxygen atoms in total. The SMILES string of the molecule is CCOC(=O)c1c(NC(=O)C[N+]23CCN(CC2)CC3)sc(C)c1C. The van der Waals surface area contributed by atoms with Crippen LogP contribution in [0.15, 0.2) is 0 Å². The van der Waals surface area contributed by atoms with Gasteiger partial charge in [-0.2, -0.15) is 0 Å². The van der Waals surface area contributed by atoms with Gasteiger partial charge in [0.05, 0.1) is 31.8 Å². The molecule has 0 radical (unpaired) electrons. The zero-order valence-corrected chi connectivity index (χ0v) is 15.5. The summed E-state index contributed by atoms with van der Waals surface area (Å²) >= 11 is 1.45. The van der Waals surface area contributed by atoms with E-state index in [0.717, 1.165) is 54.2 Å². The maximum absolute atomic E-state index is 12.6. The van der Waals surface area contributed by atoms with Gasteiger partial charge in [-0.05, 0) is 26.3 Å². The van der Waals surface area contributed by atoms with Crippen LogP contribution in [0.2, 0.25) is 0 Å². The fourth-order valence-corrected chi connectivity index (χ4v) is 4.67. The van der Waals surface area contributed by atoms with E-state index in [0.29, 0.717) is 23.7 Å². The Morgan fingerprint density at radius 3 is 2.42 bits per heavy atom. The van der Waals surface area contributed by atoms with Gasteiger partial charge in [0.25, 0.3) is 5.91 Å². The molecule has 4 heterocycles. The molecule has 1 aromatic heterocycles. The quantitative estimate of drug-likeness (QED) is 0.646. The highest BCUT2D eigenvalue weighted by Crippen LogP contribution is 2.33. The molecule has 3 fully saturated rings. The van der Waals surface area contributed by atoms with E-state index in [2.05, 4.69) is 10.2 Å². The summed E-state index contributed by atoms with van der Waals surface area (Å²) in [4.78, 5) is 28.3. The Morgan fingerprint density at radius 2 is 1.83 bits per heavy atom. The average Bonchev–Trinajstić information content (AvgIpc) is 2.83. The van der Waals surface area contributed by atoms with Crippen molar-refractivity contribution in [2.24, 2.45) is 0 Å². The summed E-state index contributed by atoms with van der Waals surface area (Å²) in [5.41, 5.74) is 1.41. The number of esters is 1. The number of ether oxygens (including phenoxy) is 1. The molecule has 0 aromatic carbocycles. The number of hydrogen-bond donors (Lipinski definition) is 1. The molecule has 0 unspecified atom stereocenters. The van der Waals surface area contributed by atoms with E-state index >= 15 is 0 Å². The van der Waals surface area contributed by atoms with Crippen LogP contribution in [0.25, 0.3) is 0 Å². The van der Waals surface area contributed by atoms with Crippen molar-refractivity contribution in [2.75, 3.05) is 57.7 Å². The van der Waals surface area contributed by atoms with Crippen LogP contribution in [0.5, 0.6) is 0 Å². The summed E-state index contributed by atoms with van der Waals surface area (Å²) in [6.45, 7) is 12.8. The van der Waals surface area contributed by atoms with Crippen molar-refractivity contribution < 1.29 is 18.8 Å². The van der Waals surface area contributed by atoms with E-state index in [-0.39, 0.29) is 11.9 Å². The summed E-state index contributed by atoms with van der Waals surface area (Å²) in [5.74, 6) is -0.356. The number of aryl methyl sites for hydroxylation is 1. The largest absolute Gasteiger partial charge is 0.462 e. The normalized spacial score (nSPS) is 25.5. The van der Waals surface area contributed by atoms with Crippen LogP contribution in [-0.2, 0) is 9.53 Å². The molecule has 4 rings (SSSR count). The first-order valence-corrected chi connectivity index (χ1v) is 9.40. The molecule has 1 aromatic rings. The van der Waals surface area contributed by atoms with Gasteiger partial charge < -0.3 is 14.5 Å². The molecule has 2 bridgehead atoms. The van der Waals surface area contributed by atoms with Crippen LogP contribution >= 0.6 is 11.3 Å². The van der Waals surface area contributed by atoms with Gasteiger partial charge in [-0.25, -0.2) is 4.79 Å². The number of rotatable bonds is 5. The zero-order valence-electron chi connectivity index (χ0n) is 14.7. The highest BCUT2D eigenvalue weighted by atomic mass is 32.1. The highest BCUT2D eigenvalue weighted by Gasteiger charge is 2.40. The molecule has 3 saturated heterocycles. The number of nitrogens with one attached hydrogen (secondary N) is 1. The van der Waals surface area contributed by atoms with Gasteiger partial charge >= 0.3 is 5.97 Å². The van der Waals surface area contributed by atoms with Gasteiger partial charge in [0.1, 0.15) is 5.00 Å². The summed E-state index contributed by atoms with van der Waals surface area (Å²) < 4.78 is 6.02. The second-order valence-electron chi connectivity index (χ2n) is 6.77. The molecule has 24 heavy (non-hydrogen) atoms. The molecule has 7 heteroatoms. The van der Waals surface area contributed by atoms with E-state index < -0.39 is 0 Å². The van der Waals surface area contributed by atoms with Gasteiger partial charge in [0.15, 0.2) is 6.54 Å². The Bertz CT molecular complexity index is 634. The van der Waals surface area contributed by atoms with E-state index in [1.807, 2.05) is 13.8 Å². The van der Waals surface area contributed by atoms with Gasteiger partial charge in [0, 0.05) is 24.5 Å². The van der Waals surface area contributed by atoms with Crippen LogP contribution in [-0.4, -0.2) is 73.7 Å². The number of quaternary nitrogens is 1. The number of carbonyl (C=O) groups excluding carboxylic acids is 2. The predicted octanol–water partition coefficient (Wildman–Crippen LogP) is 1.63. The summed E-state index contributed by atoms with van der Waals surface area (Å²) in [6, 6.07) is 0. The molecule has 1 amide bonds. The smallest absolute Gasteiger partial charge is 0.341 e. The number of nitrogens with zero attached hydrogens (tertiary/aromatic N) is 2. The van der Waals surface area contributed by atoms with Gasteiger partial charge in [-0.3, -0.25) is 9.69 Å². The van der Waals surface area contributed by atoms with Crippen molar-refractivity contribution >= 4 is 28.2 Å². The first kappa shape index (κ1) is 17.4. The lowest BCUT2D eigenvalue weighted by molar-refractivity contribution is -0.933. The second-order valence-corrected chi connectivity index (χ2v) is 7.99. The summed E-state index contributed by atoms with van der Waals surface area (Å²) in [6.07, 6.45) is 0. The van der Waals surface area contributed by atoms with Crippen LogP contribution < -0.4 is 5.32 Å². The van der Waals surface area contributed by atoms with E-state index in [4.69, 9.17) is 4.74 Å². The standard InChI is InChI=1S/C17H25N3O3S/c1-4-23-17(22)15-12(2)13(3)24-16(15)18-14(21)11-20-8-5-19(6-9-20)7-10-20/h4-11H2,1-3H3/p+1. The highest BCUT2D eigenvalue weighted by molar-refractivity contribution is 7.16. The van der Waals surface area contributed by atoms with E-state index in [1.54, 1.807) is 6.92 Å². The van der Waals surface area contributed by atoms with Crippen LogP contribution in [0.3, 0.4) is 0 Å². The fraction of sp³-hybridized carbons (Fsp3) is 0.647. The number of anilines is 1. The lowest BCUT2D eigenvalue weighted by atomic mass is 10.1. The van der Waals surface area contributed by atoms with Gasteiger partial charge in [0.2, 0.25) is 0 Å². The zero-order chi connectivity index (χ0) is 17.3. The van der Waals surface area contributed by atoms with Crippen LogP contribution in [0.4, 0.5) is 5.00 Å². The molecule has 132 valence electrons. The third-order valence-electron chi connectivity index (χ3n) is 5.27. The Balaban J connectivity index is 1.72. The molecule has 1 N–H and O–H groups in total. The first-order chi connectivity index (χ1) is 11.4. The number of thiophene rings is 1. The Labute approximate surface area is 147 Å². The predicted molar refractivity (Wildman–Crippen MR) is 94.5 cm³/mol. The minimum Gasteiger partial charge on any atom is -0.462 e. The third kappa shape index (κ3) is 3.34. The number of fused-ring (bicyclic) bond motifs is 3.